The van der Waals surface area contributed by atoms with Crippen molar-refractivity contribution in [2.75, 3.05) is 0 Å². The van der Waals surface area contributed by atoms with Gasteiger partial charge in [0.25, 0.3) is 0 Å². The quantitative estimate of drug-likeness (QED) is 0.390. The standard InChI is InChI=1S/C7H10N4S/c1-11-3-2-6(5-11)4-9-10-7(8)12/h2-5H,1H3,(H3,8,10,12)/b9-4-. The zero-order valence-electron chi connectivity index (χ0n) is 6.69. The number of aromatic nitrogens is 1. The van der Waals surface area contributed by atoms with Crippen molar-refractivity contribution in [3.05, 3.63) is 24.0 Å². The molecule has 0 bridgehead atoms. The summed E-state index contributed by atoms with van der Waals surface area (Å²) in [6.07, 6.45) is 5.52. The van der Waals surface area contributed by atoms with Gasteiger partial charge in [0.2, 0.25) is 0 Å². The van der Waals surface area contributed by atoms with Crippen molar-refractivity contribution in [1.29, 1.82) is 0 Å². The van der Waals surface area contributed by atoms with E-state index in [9.17, 15) is 0 Å². The van der Waals surface area contributed by atoms with Gasteiger partial charge in [-0.25, -0.2) is 0 Å². The van der Waals surface area contributed by atoms with Crippen LogP contribution in [0, 0.1) is 0 Å². The minimum absolute atomic E-state index is 0.169. The zero-order chi connectivity index (χ0) is 8.97. The number of hydrogen-bond donors (Lipinski definition) is 2. The number of rotatable bonds is 2. The molecule has 1 rings (SSSR count). The molecule has 0 aliphatic rings. The molecule has 0 unspecified atom stereocenters. The Morgan fingerprint density at radius 2 is 2.58 bits per heavy atom. The highest BCUT2D eigenvalue weighted by Gasteiger charge is 1.88. The van der Waals surface area contributed by atoms with Crippen molar-refractivity contribution in [2.24, 2.45) is 17.9 Å². The molecule has 0 spiro atoms. The van der Waals surface area contributed by atoms with Gasteiger partial charge in [0.1, 0.15) is 0 Å². The fourth-order valence-electron chi connectivity index (χ4n) is 0.772. The van der Waals surface area contributed by atoms with Crippen LogP contribution >= 0.6 is 12.2 Å². The lowest BCUT2D eigenvalue weighted by molar-refractivity contribution is 0.927. The highest BCUT2D eigenvalue weighted by molar-refractivity contribution is 7.80. The first-order valence-electron chi connectivity index (χ1n) is 3.39. The first-order chi connectivity index (χ1) is 5.68. The lowest BCUT2D eigenvalue weighted by atomic mass is 10.4. The topological polar surface area (TPSA) is 55.3 Å². The maximum atomic E-state index is 5.16. The van der Waals surface area contributed by atoms with Crippen LogP contribution in [0.5, 0.6) is 0 Å². The minimum atomic E-state index is 0.169. The summed E-state index contributed by atoms with van der Waals surface area (Å²) in [6, 6.07) is 1.94. The second-order valence-electron chi connectivity index (χ2n) is 2.34. The van der Waals surface area contributed by atoms with Crippen LogP contribution < -0.4 is 11.2 Å². The van der Waals surface area contributed by atoms with E-state index in [1.54, 1.807) is 6.21 Å². The van der Waals surface area contributed by atoms with Gasteiger partial charge in [-0.1, -0.05) is 0 Å². The number of hydrogen-bond acceptors (Lipinski definition) is 2. The molecule has 64 valence electrons. The number of hydrazone groups is 1. The normalized spacial score (nSPS) is 10.4. The third-order valence-corrected chi connectivity index (χ3v) is 1.33. The minimum Gasteiger partial charge on any atom is -0.375 e. The third-order valence-electron chi connectivity index (χ3n) is 1.24. The number of nitrogens with one attached hydrogen (secondary N) is 1. The molecule has 12 heavy (non-hydrogen) atoms. The van der Waals surface area contributed by atoms with Crippen molar-refractivity contribution in [3.63, 3.8) is 0 Å². The van der Waals surface area contributed by atoms with E-state index in [0.29, 0.717) is 0 Å². The molecule has 1 aromatic rings. The molecule has 0 aliphatic heterocycles. The predicted octanol–water partition coefficient (Wildman–Crippen LogP) is 0.192. The maximum absolute atomic E-state index is 5.16. The SMILES string of the molecule is Cn1ccc(/C=N\NC(N)=S)c1. The molecule has 0 atom stereocenters. The van der Waals surface area contributed by atoms with Gasteiger partial charge in [0.05, 0.1) is 6.21 Å². The first kappa shape index (κ1) is 8.73. The molecule has 3 N–H and O–H groups in total. The molecule has 0 radical (unpaired) electrons. The van der Waals surface area contributed by atoms with Crippen molar-refractivity contribution in [1.82, 2.24) is 9.99 Å². The summed E-state index contributed by atoms with van der Waals surface area (Å²) < 4.78 is 1.93. The Morgan fingerprint density at radius 3 is 3.08 bits per heavy atom. The van der Waals surface area contributed by atoms with E-state index in [1.165, 1.54) is 0 Å². The van der Waals surface area contributed by atoms with Crippen molar-refractivity contribution in [2.45, 2.75) is 0 Å². The van der Waals surface area contributed by atoms with Gasteiger partial charge in [-0.3, -0.25) is 5.43 Å². The fourth-order valence-corrected chi connectivity index (χ4v) is 0.824. The van der Waals surface area contributed by atoms with E-state index < -0.39 is 0 Å². The van der Waals surface area contributed by atoms with E-state index >= 15 is 0 Å². The highest BCUT2D eigenvalue weighted by atomic mass is 32.1. The summed E-state index contributed by atoms with van der Waals surface area (Å²) >= 11 is 4.56. The van der Waals surface area contributed by atoms with Crippen LogP contribution in [0.1, 0.15) is 5.56 Å². The molecule has 0 aromatic carbocycles. The van der Waals surface area contributed by atoms with E-state index in [1.807, 2.05) is 30.1 Å². The third kappa shape index (κ3) is 2.71. The van der Waals surface area contributed by atoms with Crippen molar-refractivity contribution in [3.8, 4) is 0 Å². The fraction of sp³-hybridized carbons (Fsp3) is 0.143. The monoisotopic (exact) mass is 182 g/mol. The van der Waals surface area contributed by atoms with Crippen LogP contribution in [-0.2, 0) is 7.05 Å². The summed E-state index contributed by atoms with van der Waals surface area (Å²) in [6.45, 7) is 0. The van der Waals surface area contributed by atoms with Crippen molar-refractivity contribution < 1.29 is 0 Å². The van der Waals surface area contributed by atoms with Crippen LogP contribution in [0.2, 0.25) is 0 Å². The second-order valence-corrected chi connectivity index (χ2v) is 2.78. The second kappa shape index (κ2) is 3.87. The Balaban J connectivity index is 2.52. The molecule has 1 aromatic heterocycles. The Labute approximate surface area is 76.1 Å². The van der Waals surface area contributed by atoms with Crippen LogP contribution in [0.25, 0.3) is 0 Å². The summed E-state index contributed by atoms with van der Waals surface area (Å²) in [4.78, 5) is 0. The summed E-state index contributed by atoms with van der Waals surface area (Å²) in [5.74, 6) is 0. The lowest BCUT2D eigenvalue weighted by Gasteiger charge is -1.91. The molecule has 0 saturated heterocycles. The smallest absolute Gasteiger partial charge is 0.184 e. The summed E-state index contributed by atoms with van der Waals surface area (Å²) in [7, 11) is 1.94. The van der Waals surface area contributed by atoms with Crippen LogP contribution in [0.15, 0.2) is 23.6 Å². The average molecular weight is 182 g/mol. The van der Waals surface area contributed by atoms with Gasteiger partial charge in [-0.15, -0.1) is 0 Å². The largest absolute Gasteiger partial charge is 0.375 e. The van der Waals surface area contributed by atoms with Crippen molar-refractivity contribution >= 4 is 23.5 Å². The Kier molecular flexibility index (Phi) is 2.82. The number of nitrogens with zero attached hydrogens (tertiary/aromatic N) is 2. The Bertz CT molecular complexity index is 302. The summed E-state index contributed by atoms with van der Waals surface area (Å²) in [5.41, 5.74) is 8.64. The molecule has 1 heterocycles. The molecule has 5 heteroatoms. The van der Waals surface area contributed by atoms with E-state index in [2.05, 4.69) is 22.7 Å². The predicted molar refractivity (Wildman–Crippen MR) is 52.9 cm³/mol. The number of thiocarbonyl (C=S) groups is 1. The first-order valence-corrected chi connectivity index (χ1v) is 3.80. The molecule has 0 amide bonds. The lowest BCUT2D eigenvalue weighted by Crippen LogP contribution is -2.23. The van der Waals surface area contributed by atoms with Gasteiger partial charge < -0.3 is 10.3 Å². The number of aryl methyl sites for hydroxylation is 1. The maximum Gasteiger partial charge on any atom is 0.184 e. The van der Waals surface area contributed by atoms with Gasteiger partial charge in [0.15, 0.2) is 5.11 Å². The van der Waals surface area contributed by atoms with Gasteiger partial charge in [-0.05, 0) is 18.3 Å². The van der Waals surface area contributed by atoms with Gasteiger partial charge in [0, 0.05) is 25.0 Å². The summed E-state index contributed by atoms with van der Waals surface area (Å²) in [5, 5.41) is 3.97. The number of nitrogens with two attached hydrogens (primary N) is 1. The van der Waals surface area contributed by atoms with Gasteiger partial charge in [-0.2, -0.15) is 5.10 Å². The zero-order valence-corrected chi connectivity index (χ0v) is 7.51. The van der Waals surface area contributed by atoms with E-state index in [4.69, 9.17) is 5.73 Å². The Hall–Kier alpha value is -1.36. The molecule has 0 saturated carbocycles. The van der Waals surface area contributed by atoms with Crippen LogP contribution in [0.3, 0.4) is 0 Å². The molecular formula is C7H10N4S. The van der Waals surface area contributed by atoms with Crippen LogP contribution in [-0.4, -0.2) is 15.9 Å². The average Bonchev–Trinajstić information content (AvgIpc) is 2.35. The highest BCUT2D eigenvalue weighted by Crippen LogP contribution is 1.94. The Morgan fingerprint density at radius 1 is 1.83 bits per heavy atom. The van der Waals surface area contributed by atoms with E-state index in [0.717, 1.165) is 5.56 Å². The van der Waals surface area contributed by atoms with Crippen LogP contribution in [0.4, 0.5) is 0 Å². The molecule has 0 fully saturated rings. The van der Waals surface area contributed by atoms with Gasteiger partial charge >= 0.3 is 0 Å². The van der Waals surface area contributed by atoms with E-state index in [-0.39, 0.29) is 5.11 Å². The molecule has 4 nitrogen and oxygen atoms in total. The molecular weight excluding hydrogens is 172 g/mol. The molecule has 0 aliphatic carbocycles.